The standard InChI is InChI=1S/C11H12FN3O3S2/c1-6-9(7(5-13)19-15-6)10(12)20(16,17)8-4-11(2,3)18-14-8/h4,10,14H,1-3H3. The minimum absolute atomic E-state index is 0.0441. The summed E-state index contributed by atoms with van der Waals surface area (Å²) in [4.78, 5) is 4.98. The number of nitrogens with zero attached hydrogens (tertiary/aromatic N) is 2. The number of alkyl halides is 1. The van der Waals surface area contributed by atoms with E-state index in [9.17, 15) is 12.8 Å². The lowest BCUT2D eigenvalue weighted by molar-refractivity contribution is -0.0130. The van der Waals surface area contributed by atoms with Crippen molar-refractivity contribution < 1.29 is 17.6 Å². The molecule has 0 amide bonds. The van der Waals surface area contributed by atoms with Gasteiger partial charge in [0.15, 0.2) is 5.03 Å². The highest BCUT2D eigenvalue weighted by Gasteiger charge is 2.40. The van der Waals surface area contributed by atoms with Crippen molar-refractivity contribution in [2.75, 3.05) is 0 Å². The van der Waals surface area contributed by atoms with Crippen LogP contribution in [0.5, 0.6) is 0 Å². The number of aryl methyl sites for hydroxylation is 1. The molecule has 0 radical (unpaired) electrons. The van der Waals surface area contributed by atoms with Crippen molar-refractivity contribution in [3.8, 4) is 6.07 Å². The van der Waals surface area contributed by atoms with Gasteiger partial charge in [-0.05, 0) is 38.4 Å². The highest BCUT2D eigenvalue weighted by atomic mass is 32.2. The maximum Gasteiger partial charge on any atom is 0.235 e. The van der Waals surface area contributed by atoms with Gasteiger partial charge in [0.1, 0.15) is 16.5 Å². The fraction of sp³-hybridized carbons (Fsp3) is 0.455. The Morgan fingerprint density at radius 1 is 1.60 bits per heavy atom. The number of nitriles is 1. The molecule has 1 atom stereocenters. The summed E-state index contributed by atoms with van der Waals surface area (Å²) in [5.74, 6) is 0. The van der Waals surface area contributed by atoms with Crippen LogP contribution in [-0.2, 0) is 14.7 Å². The van der Waals surface area contributed by atoms with Crippen LogP contribution >= 0.6 is 11.5 Å². The van der Waals surface area contributed by atoms with Crippen molar-refractivity contribution >= 4 is 21.4 Å². The van der Waals surface area contributed by atoms with Crippen LogP contribution in [-0.4, -0.2) is 18.4 Å². The first kappa shape index (κ1) is 14.9. The van der Waals surface area contributed by atoms with Gasteiger partial charge in [-0.25, -0.2) is 12.8 Å². The van der Waals surface area contributed by atoms with E-state index in [1.54, 1.807) is 19.9 Å². The molecule has 0 fully saturated rings. The Morgan fingerprint density at radius 3 is 2.75 bits per heavy atom. The van der Waals surface area contributed by atoms with Crippen molar-refractivity contribution in [2.24, 2.45) is 0 Å². The van der Waals surface area contributed by atoms with E-state index in [4.69, 9.17) is 10.1 Å². The van der Waals surface area contributed by atoms with E-state index >= 15 is 0 Å². The number of nitrogens with one attached hydrogen (secondary N) is 1. The molecule has 1 aromatic rings. The highest BCUT2D eigenvalue weighted by molar-refractivity contribution is 7.95. The molecule has 0 saturated carbocycles. The van der Waals surface area contributed by atoms with Crippen molar-refractivity contribution in [2.45, 2.75) is 31.9 Å². The Balaban J connectivity index is 2.46. The summed E-state index contributed by atoms with van der Waals surface area (Å²) in [5, 5.41) is 8.56. The van der Waals surface area contributed by atoms with Crippen molar-refractivity contribution in [1.29, 1.82) is 5.26 Å². The molecule has 20 heavy (non-hydrogen) atoms. The van der Waals surface area contributed by atoms with E-state index in [1.165, 1.54) is 13.0 Å². The quantitative estimate of drug-likeness (QED) is 0.915. The lowest BCUT2D eigenvalue weighted by Crippen LogP contribution is -2.23. The predicted molar refractivity (Wildman–Crippen MR) is 70.7 cm³/mol. The van der Waals surface area contributed by atoms with Crippen LogP contribution in [0.15, 0.2) is 11.1 Å². The summed E-state index contributed by atoms with van der Waals surface area (Å²) in [7, 11) is -4.31. The van der Waals surface area contributed by atoms with Gasteiger partial charge >= 0.3 is 0 Å². The van der Waals surface area contributed by atoms with Gasteiger partial charge in [0.05, 0.1) is 11.3 Å². The molecule has 0 aliphatic carbocycles. The molecule has 0 aromatic carbocycles. The molecule has 2 rings (SSSR count). The van der Waals surface area contributed by atoms with E-state index in [0.717, 1.165) is 11.5 Å². The predicted octanol–water partition coefficient (Wildman–Crippen LogP) is 1.86. The number of hydroxylamine groups is 1. The zero-order chi connectivity index (χ0) is 15.1. The molecular formula is C11H12FN3O3S2. The number of sulfone groups is 1. The maximum atomic E-state index is 14.4. The first-order valence-electron chi connectivity index (χ1n) is 5.60. The fourth-order valence-electron chi connectivity index (χ4n) is 1.69. The summed E-state index contributed by atoms with van der Waals surface area (Å²) in [5.41, 5.74) is -0.987. The third-order valence-electron chi connectivity index (χ3n) is 2.71. The molecule has 6 nitrogen and oxygen atoms in total. The topological polar surface area (TPSA) is 92.1 Å². The Kier molecular flexibility index (Phi) is 3.58. The van der Waals surface area contributed by atoms with Gasteiger partial charge in [-0.1, -0.05) is 0 Å². The first-order chi connectivity index (χ1) is 9.19. The summed E-state index contributed by atoms with van der Waals surface area (Å²) < 4.78 is 42.7. The number of halogens is 1. The van der Waals surface area contributed by atoms with Gasteiger partial charge in [0, 0.05) is 0 Å². The molecule has 1 aliphatic rings. The number of aromatic nitrogens is 1. The van der Waals surface area contributed by atoms with Crippen LogP contribution in [0, 0.1) is 18.3 Å². The summed E-state index contributed by atoms with van der Waals surface area (Å²) in [6.07, 6.45) is 1.29. The molecule has 1 aliphatic heterocycles. The number of rotatable bonds is 3. The lowest BCUT2D eigenvalue weighted by Gasteiger charge is -2.12. The monoisotopic (exact) mass is 317 g/mol. The van der Waals surface area contributed by atoms with Crippen LogP contribution in [0.4, 0.5) is 4.39 Å². The fourth-order valence-corrected chi connectivity index (χ4v) is 3.91. The normalized spacial score (nSPS) is 19.1. The van der Waals surface area contributed by atoms with E-state index in [2.05, 4.69) is 9.85 Å². The summed E-state index contributed by atoms with van der Waals surface area (Å²) in [6, 6.07) is 1.76. The summed E-state index contributed by atoms with van der Waals surface area (Å²) in [6.45, 7) is 4.73. The van der Waals surface area contributed by atoms with Gasteiger partial charge < -0.3 is 0 Å². The van der Waals surface area contributed by atoms with Crippen LogP contribution in [0.25, 0.3) is 0 Å². The average Bonchev–Trinajstić information content (AvgIpc) is 2.91. The van der Waals surface area contributed by atoms with Gasteiger partial charge in [0.2, 0.25) is 15.3 Å². The molecule has 2 heterocycles. The smallest absolute Gasteiger partial charge is 0.235 e. The van der Waals surface area contributed by atoms with Gasteiger partial charge in [-0.15, -0.1) is 0 Å². The first-order valence-corrected chi connectivity index (χ1v) is 7.92. The van der Waals surface area contributed by atoms with Crippen LogP contribution in [0.2, 0.25) is 0 Å². The van der Waals surface area contributed by atoms with Crippen molar-refractivity contribution in [3.63, 3.8) is 0 Å². The Labute approximate surface area is 119 Å². The Morgan fingerprint density at radius 2 is 2.25 bits per heavy atom. The third-order valence-corrected chi connectivity index (χ3v) is 5.16. The second-order valence-electron chi connectivity index (χ2n) is 4.80. The molecule has 0 spiro atoms. The summed E-state index contributed by atoms with van der Waals surface area (Å²) >= 11 is 0.776. The second-order valence-corrected chi connectivity index (χ2v) is 7.52. The minimum Gasteiger partial charge on any atom is -0.265 e. The van der Waals surface area contributed by atoms with Crippen LogP contribution in [0.3, 0.4) is 0 Å². The van der Waals surface area contributed by atoms with E-state index in [-0.39, 0.29) is 21.2 Å². The van der Waals surface area contributed by atoms with Gasteiger partial charge in [-0.2, -0.15) is 9.64 Å². The van der Waals surface area contributed by atoms with Crippen LogP contribution in [0.1, 0.15) is 35.5 Å². The highest BCUT2D eigenvalue weighted by Crippen LogP contribution is 2.36. The van der Waals surface area contributed by atoms with Gasteiger partial charge in [0.25, 0.3) is 0 Å². The molecule has 1 aromatic heterocycles. The van der Waals surface area contributed by atoms with E-state index < -0.39 is 20.9 Å². The molecule has 1 N–H and O–H groups in total. The molecule has 9 heteroatoms. The lowest BCUT2D eigenvalue weighted by atomic mass is 10.1. The van der Waals surface area contributed by atoms with Crippen molar-refractivity contribution in [1.82, 2.24) is 9.85 Å². The third kappa shape index (κ3) is 2.42. The number of hydrogen-bond donors (Lipinski definition) is 1. The average molecular weight is 317 g/mol. The Hall–Kier alpha value is -1.50. The number of hydrogen-bond acceptors (Lipinski definition) is 7. The van der Waals surface area contributed by atoms with Gasteiger partial charge in [-0.3, -0.25) is 10.3 Å². The largest absolute Gasteiger partial charge is 0.265 e. The van der Waals surface area contributed by atoms with E-state index in [0.29, 0.717) is 0 Å². The Bertz CT molecular complexity index is 716. The molecule has 0 saturated heterocycles. The molecule has 0 bridgehead atoms. The van der Waals surface area contributed by atoms with Crippen LogP contribution < -0.4 is 5.48 Å². The molecule has 1 unspecified atom stereocenters. The molecule has 108 valence electrons. The van der Waals surface area contributed by atoms with Crippen molar-refractivity contribution in [3.05, 3.63) is 27.2 Å². The minimum atomic E-state index is -4.31. The molecular weight excluding hydrogens is 305 g/mol. The SMILES string of the molecule is Cc1nsc(C#N)c1C(F)S(=O)(=O)C1=CC(C)(C)ON1. The maximum absolute atomic E-state index is 14.4. The van der Waals surface area contributed by atoms with E-state index in [1.807, 2.05) is 0 Å². The zero-order valence-electron chi connectivity index (χ0n) is 11.0. The second kappa shape index (κ2) is 4.80. The zero-order valence-corrected chi connectivity index (χ0v) is 12.6.